The van der Waals surface area contributed by atoms with Crippen molar-refractivity contribution in [1.82, 2.24) is 8.61 Å². The zero-order chi connectivity index (χ0) is 27.6. The van der Waals surface area contributed by atoms with E-state index in [1.54, 1.807) is 26.0 Å². The van der Waals surface area contributed by atoms with Crippen molar-refractivity contribution in [2.24, 2.45) is 0 Å². The average Bonchev–Trinajstić information content (AvgIpc) is 2.86. The molecular weight excluding hydrogens is 533 g/mol. The molecule has 1 heterocycles. The smallest absolute Gasteiger partial charge is 0.416 e. The molecule has 2 aromatic carbocycles. The lowest BCUT2D eigenvalue weighted by atomic mass is 10.1. The number of hydrogen-bond acceptors (Lipinski definition) is 6. The Morgan fingerprint density at radius 3 is 2.16 bits per heavy atom. The van der Waals surface area contributed by atoms with Crippen LogP contribution < -0.4 is 0 Å². The lowest BCUT2D eigenvalue weighted by molar-refractivity contribution is -0.137. The van der Waals surface area contributed by atoms with Gasteiger partial charge in [-0.15, -0.1) is 0 Å². The van der Waals surface area contributed by atoms with Gasteiger partial charge in [0.1, 0.15) is 0 Å². The molecular formula is C24H29F3N2O6S2. The van der Waals surface area contributed by atoms with Gasteiger partial charge in [0, 0.05) is 25.7 Å². The Hall–Kier alpha value is -2.48. The lowest BCUT2D eigenvalue weighted by Crippen LogP contribution is -2.52. The Morgan fingerprint density at radius 2 is 1.65 bits per heavy atom. The highest BCUT2D eigenvalue weighted by molar-refractivity contribution is 7.89. The SMILES string of the molecule is COC(=O)c1ccc(CN(C2CCCN(S(=O)(=O)C(C)C)C2)S(=O)(=O)c2ccc(C(F)(F)F)cc2)cc1. The highest BCUT2D eigenvalue weighted by atomic mass is 32.2. The van der Waals surface area contributed by atoms with Crippen LogP contribution in [0.25, 0.3) is 0 Å². The molecule has 13 heteroatoms. The molecule has 0 aliphatic carbocycles. The van der Waals surface area contributed by atoms with Crippen LogP contribution in [0.4, 0.5) is 13.2 Å². The minimum absolute atomic E-state index is 0.0827. The number of methoxy groups -OCH3 is 1. The number of rotatable bonds is 8. The van der Waals surface area contributed by atoms with Crippen LogP contribution in [0.3, 0.4) is 0 Å². The van der Waals surface area contributed by atoms with Crippen molar-refractivity contribution in [2.45, 2.75) is 55.6 Å². The summed E-state index contributed by atoms with van der Waals surface area (Å²) in [4.78, 5) is 11.4. The minimum Gasteiger partial charge on any atom is -0.465 e. The molecule has 0 radical (unpaired) electrons. The Balaban J connectivity index is 2.00. The summed E-state index contributed by atoms with van der Waals surface area (Å²) in [6.45, 7) is 3.07. The zero-order valence-corrected chi connectivity index (χ0v) is 22.2. The van der Waals surface area contributed by atoms with Crippen LogP contribution in [0.5, 0.6) is 0 Å². The summed E-state index contributed by atoms with van der Waals surface area (Å²) >= 11 is 0. The Labute approximate surface area is 215 Å². The van der Waals surface area contributed by atoms with Gasteiger partial charge in [0.2, 0.25) is 20.0 Å². The molecule has 1 fully saturated rings. The number of benzene rings is 2. The van der Waals surface area contributed by atoms with Crippen LogP contribution in [-0.2, 0) is 37.5 Å². The van der Waals surface area contributed by atoms with Crippen molar-refractivity contribution < 1.29 is 39.5 Å². The molecule has 2 aromatic rings. The normalized spacial score (nSPS) is 17.8. The first-order chi connectivity index (χ1) is 17.2. The molecule has 0 N–H and O–H groups in total. The summed E-state index contributed by atoms with van der Waals surface area (Å²) in [5.41, 5.74) is -0.217. The lowest BCUT2D eigenvalue weighted by Gasteiger charge is -2.38. The molecule has 1 aliphatic rings. The van der Waals surface area contributed by atoms with E-state index in [4.69, 9.17) is 0 Å². The van der Waals surface area contributed by atoms with E-state index in [9.17, 15) is 34.8 Å². The summed E-state index contributed by atoms with van der Waals surface area (Å²) in [5.74, 6) is -0.567. The fourth-order valence-electron chi connectivity index (χ4n) is 4.09. The number of ether oxygens (including phenoxy) is 1. The number of nitrogens with zero attached hydrogens (tertiary/aromatic N) is 2. The standard InChI is InChI=1S/C24H29F3N2O6S2/c1-17(2)36(31,32)28-14-4-5-21(16-28)29(15-18-6-8-19(9-7-18)23(30)35-3)37(33,34)22-12-10-20(11-13-22)24(25,26)27/h6-13,17,21H,4-5,14-16H2,1-3H3. The maximum atomic E-state index is 13.7. The topological polar surface area (TPSA) is 101 Å². The highest BCUT2D eigenvalue weighted by Crippen LogP contribution is 2.32. The Bertz CT molecular complexity index is 1310. The van der Waals surface area contributed by atoms with Gasteiger partial charge in [-0.25, -0.2) is 25.9 Å². The van der Waals surface area contributed by atoms with E-state index in [1.165, 1.54) is 23.5 Å². The number of esters is 1. The molecule has 1 saturated heterocycles. The maximum Gasteiger partial charge on any atom is 0.416 e. The number of alkyl halides is 3. The Kier molecular flexibility index (Phi) is 8.72. The first-order valence-electron chi connectivity index (χ1n) is 11.5. The van der Waals surface area contributed by atoms with Gasteiger partial charge >= 0.3 is 12.1 Å². The second-order valence-electron chi connectivity index (χ2n) is 9.01. The van der Waals surface area contributed by atoms with Gasteiger partial charge < -0.3 is 4.74 Å². The van der Waals surface area contributed by atoms with E-state index in [-0.39, 0.29) is 30.1 Å². The third kappa shape index (κ3) is 6.51. The molecule has 1 unspecified atom stereocenters. The van der Waals surface area contributed by atoms with E-state index >= 15 is 0 Å². The molecule has 1 atom stereocenters. The van der Waals surface area contributed by atoms with Gasteiger partial charge in [-0.05, 0) is 68.7 Å². The summed E-state index contributed by atoms with van der Waals surface area (Å²) in [6, 6.07) is 8.49. The molecule has 8 nitrogen and oxygen atoms in total. The van der Waals surface area contributed by atoms with E-state index in [0.717, 1.165) is 16.4 Å². The monoisotopic (exact) mass is 562 g/mol. The summed E-state index contributed by atoms with van der Waals surface area (Å²) in [7, 11) is -6.75. The van der Waals surface area contributed by atoms with Gasteiger partial charge in [0.05, 0.1) is 28.4 Å². The van der Waals surface area contributed by atoms with Crippen LogP contribution in [-0.4, -0.2) is 62.9 Å². The molecule has 1 aliphatic heterocycles. The van der Waals surface area contributed by atoms with Crippen molar-refractivity contribution in [3.63, 3.8) is 0 Å². The summed E-state index contributed by atoms with van der Waals surface area (Å²) in [5, 5.41) is -0.697. The summed E-state index contributed by atoms with van der Waals surface area (Å²) in [6.07, 6.45) is -3.85. The molecule has 0 spiro atoms. The second-order valence-corrected chi connectivity index (χ2v) is 13.4. The van der Waals surface area contributed by atoms with Crippen LogP contribution in [0.2, 0.25) is 0 Å². The molecule has 0 saturated carbocycles. The fraction of sp³-hybridized carbons (Fsp3) is 0.458. The number of sulfonamides is 2. The fourth-order valence-corrected chi connectivity index (χ4v) is 7.09. The third-order valence-corrected chi connectivity index (χ3v) is 10.4. The number of carbonyl (C=O) groups is 1. The van der Waals surface area contributed by atoms with Crippen molar-refractivity contribution in [1.29, 1.82) is 0 Å². The van der Waals surface area contributed by atoms with E-state index in [2.05, 4.69) is 4.74 Å². The zero-order valence-electron chi connectivity index (χ0n) is 20.6. The predicted octanol–water partition coefficient (Wildman–Crippen LogP) is 3.89. The predicted molar refractivity (Wildman–Crippen MR) is 131 cm³/mol. The van der Waals surface area contributed by atoms with Crippen LogP contribution >= 0.6 is 0 Å². The first kappa shape index (κ1) is 29.1. The molecule has 37 heavy (non-hydrogen) atoms. The van der Waals surface area contributed by atoms with Crippen molar-refractivity contribution in [2.75, 3.05) is 20.2 Å². The van der Waals surface area contributed by atoms with Gasteiger partial charge in [-0.3, -0.25) is 0 Å². The van der Waals surface area contributed by atoms with Crippen LogP contribution in [0.15, 0.2) is 53.4 Å². The first-order valence-corrected chi connectivity index (χ1v) is 14.5. The molecule has 204 valence electrons. The van der Waals surface area contributed by atoms with Crippen molar-refractivity contribution in [3.8, 4) is 0 Å². The number of hydrogen-bond donors (Lipinski definition) is 0. The second kappa shape index (κ2) is 11.1. The maximum absolute atomic E-state index is 13.7. The number of piperidine rings is 1. The van der Waals surface area contributed by atoms with Crippen molar-refractivity contribution in [3.05, 3.63) is 65.2 Å². The Morgan fingerprint density at radius 1 is 1.05 bits per heavy atom. The molecule has 3 rings (SSSR count). The van der Waals surface area contributed by atoms with Gasteiger partial charge in [0.25, 0.3) is 0 Å². The van der Waals surface area contributed by atoms with Gasteiger partial charge in [-0.1, -0.05) is 12.1 Å². The third-order valence-electron chi connectivity index (χ3n) is 6.22. The highest BCUT2D eigenvalue weighted by Gasteiger charge is 2.39. The minimum atomic E-state index is -4.63. The van der Waals surface area contributed by atoms with Gasteiger partial charge in [0.15, 0.2) is 0 Å². The summed E-state index contributed by atoms with van der Waals surface area (Å²) < 4.78 is 99.2. The number of carbonyl (C=O) groups excluding carboxylic acids is 1. The average molecular weight is 563 g/mol. The largest absolute Gasteiger partial charge is 0.465 e. The van der Waals surface area contributed by atoms with E-state index < -0.39 is 49.0 Å². The van der Waals surface area contributed by atoms with Crippen LogP contribution in [0.1, 0.15) is 48.2 Å². The number of halogens is 3. The quantitative estimate of drug-likeness (QED) is 0.453. The molecule has 0 bridgehead atoms. The van der Waals surface area contributed by atoms with E-state index in [0.29, 0.717) is 30.5 Å². The molecule has 0 amide bonds. The van der Waals surface area contributed by atoms with Crippen molar-refractivity contribution >= 4 is 26.0 Å². The van der Waals surface area contributed by atoms with Crippen LogP contribution in [0, 0.1) is 0 Å². The molecule has 0 aromatic heterocycles. The van der Waals surface area contributed by atoms with Gasteiger partial charge in [-0.2, -0.15) is 17.5 Å². The van der Waals surface area contributed by atoms with E-state index in [1.807, 2.05) is 0 Å².